The Balaban J connectivity index is 0.000000344. The van der Waals surface area contributed by atoms with Crippen LogP contribution < -0.4 is 0 Å². The number of carbonyl (C=O) groups excluding carboxylic acids is 2. The van der Waals surface area contributed by atoms with Gasteiger partial charge in [0.1, 0.15) is 12.6 Å². The topological polar surface area (TPSA) is 94.8 Å². The normalized spacial score (nSPS) is 10.3. The number of carbonyl (C=O) groups is 2. The maximum Gasteiger partial charge on any atom is 0.150 e. The van der Waals surface area contributed by atoms with E-state index in [4.69, 9.17) is 15.3 Å². The molecule has 1 aromatic rings. The second-order valence-electron chi connectivity index (χ2n) is 4.23. The number of hydrogen-bond donors (Lipinski definition) is 3. The van der Waals surface area contributed by atoms with Crippen LogP contribution in [0, 0.1) is 5.41 Å². The smallest absolute Gasteiger partial charge is 0.150 e. The fraction of sp³-hybridized carbons (Fsp3) is 0.429. The maximum atomic E-state index is 10.1. The SMILES string of the molecule is CCC(CO)(CO)CO.O=Cc1ccc(C=O)cc1. The van der Waals surface area contributed by atoms with E-state index in [9.17, 15) is 9.59 Å². The van der Waals surface area contributed by atoms with Crippen LogP contribution >= 0.6 is 0 Å². The van der Waals surface area contributed by atoms with E-state index in [1.54, 1.807) is 24.3 Å². The van der Waals surface area contributed by atoms with E-state index in [1.165, 1.54) is 0 Å². The van der Waals surface area contributed by atoms with E-state index < -0.39 is 5.41 Å². The van der Waals surface area contributed by atoms with Gasteiger partial charge in [0.15, 0.2) is 0 Å². The number of aliphatic hydroxyl groups excluding tert-OH is 3. The van der Waals surface area contributed by atoms with Crippen molar-refractivity contribution in [3.05, 3.63) is 35.4 Å². The monoisotopic (exact) mass is 268 g/mol. The van der Waals surface area contributed by atoms with Crippen molar-refractivity contribution in [3.63, 3.8) is 0 Å². The van der Waals surface area contributed by atoms with Crippen molar-refractivity contribution in [3.8, 4) is 0 Å². The second-order valence-corrected chi connectivity index (χ2v) is 4.23. The van der Waals surface area contributed by atoms with Gasteiger partial charge in [-0.3, -0.25) is 9.59 Å². The predicted molar refractivity (Wildman–Crippen MR) is 71.2 cm³/mol. The molecule has 0 spiro atoms. The molecule has 0 saturated carbocycles. The minimum Gasteiger partial charge on any atom is -0.396 e. The first kappa shape index (κ1) is 17.4. The summed E-state index contributed by atoms with van der Waals surface area (Å²) in [4.78, 5) is 20.2. The van der Waals surface area contributed by atoms with Crippen molar-refractivity contribution >= 4 is 12.6 Å². The summed E-state index contributed by atoms with van der Waals surface area (Å²) >= 11 is 0. The lowest BCUT2D eigenvalue weighted by atomic mass is 9.88. The average molecular weight is 268 g/mol. The maximum absolute atomic E-state index is 10.1. The van der Waals surface area contributed by atoms with E-state index in [0.717, 1.165) is 12.6 Å². The quantitative estimate of drug-likeness (QED) is 0.659. The van der Waals surface area contributed by atoms with Crippen LogP contribution in [0.4, 0.5) is 0 Å². The van der Waals surface area contributed by atoms with Crippen molar-refractivity contribution in [2.75, 3.05) is 19.8 Å². The van der Waals surface area contributed by atoms with Crippen molar-refractivity contribution in [1.29, 1.82) is 0 Å². The molecule has 0 aliphatic heterocycles. The molecular formula is C14H20O5. The third-order valence-corrected chi connectivity index (χ3v) is 2.96. The molecule has 19 heavy (non-hydrogen) atoms. The third-order valence-electron chi connectivity index (χ3n) is 2.96. The summed E-state index contributed by atoms with van der Waals surface area (Å²) in [5.74, 6) is 0. The number of rotatable bonds is 6. The highest BCUT2D eigenvalue weighted by molar-refractivity contribution is 5.79. The van der Waals surface area contributed by atoms with Crippen LogP contribution in [-0.4, -0.2) is 47.7 Å². The first-order valence-corrected chi connectivity index (χ1v) is 5.94. The highest BCUT2D eigenvalue weighted by Gasteiger charge is 2.24. The van der Waals surface area contributed by atoms with Crippen LogP contribution in [0.1, 0.15) is 34.1 Å². The average Bonchev–Trinajstić information content (AvgIpc) is 2.51. The van der Waals surface area contributed by atoms with Crippen LogP contribution in [-0.2, 0) is 0 Å². The lowest BCUT2D eigenvalue weighted by Gasteiger charge is -2.24. The standard InChI is InChI=1S/C8H6O2.C6H14O3/c9-5-7-1-2-8(6-10)4-3-7;1-2-6(3-7,4-8)5-9/h1-6H;7-9H,2-5H2,1H3. The number of aliphatic hydroxyl groups is 3. The Morgan fingerprint density at radius 3 is 1.32 bits per heavy atom. The molecule has 0 unspecified atom stereocenters. The van der Waals surface area contributed by atoms with Gasteiger partial charge in [-0.25, -0.2) is 0 Å². The van der Waals surface area contributed by atoms with Gasteiger partial charge in [-0.1, -0.05) is 31.2 Å². The Hall–Kier alpha value is -1.56. The first-order valence-electron chi connectivity index (χ1n) is 5.94. The minimum absolute atomic E-state index is 0.156. The molecule has 5 heteroatoms. The lowest BCUT2D eigenvalue weighted by Crippen LogP contribution is -2.32. The Morgan fingerprint density at radius 2 is 1.21 bits per heavy atom. The molecule has 1 aromatic carbocycles. The summed E-state index contributed by atoms with van der Waals surface area (Å²) < 4.78 is 0. The molecule has 3 N–H and O–H groups in total. The molecule has 0 amide bonds. The molecule has 0 fully saturated rings. The summed E-state index contributed by atoms with van der Waals surface area (Å²) in [5, 5.41) is 26.0. The molecule has 5 nitrogen and oxygen atoms in total. The van der Waals surface area contributed by atoms with E-state index in [1.807, 2.05) is 6.92 Å². The predicted octanol–water partition coefficient (Wildman–Crippen LogP) is 0.671. The summed E-state index contributed by atoms with van der Waals surface area (Å²) in [6, 6.07) is 6.43. The molecule has 1 rings (SSSR count). The Bertz CT molecular complexity index is 323. The van der Waals surface area contributed by atoms with Gasteiger partial charge in [0.25, 0.3) is 0 Å². The van der Waals surface area contributed by atoms with Crippen molar-refractivity contribution in [1.82, 2.24) is 0 Å². The fourth-order valence-electron chi connectivity index (χ4n) is 1.14. The number of benzene rings is 1. The third kappa shape index (κ3) is 5.74. The summed E-state index contributed by atoms with van der Waals surface area (Å²) in [7, 11) is 0. The van der Waals surface area contributed by atoms with Crippen LogP contribution in [0.25, 0.3) is 0 Å². The van der Waals surface area contributed by atoms with Crippen molar-refractivity contribution in [2.24, 2.45) is 5.41 Å². The largest absolute Gasteiger partial charge is 0.396 e. The second kappa shape index (κ2) is 9.38. The highest BCUT2D eigenvalue weighted by atomic mass is 16.3. The van der Waals surface area contributed by atoms with Gasteiger partial charge < -0.3 is 15.3 Å². The van der Waals surface area contributed by atoms with Crippen LogP contribution in [0.3, 0.4) is 0 Å². The van der Waals surface area contributed by atoms with Gasteiger partial charge in [-0.2, -0.15) is 0 Å². The summed E-state index contributed by atoms with van der Waals surface area (Å²) in [6.45, 7) is 1.35. The lowest BCUT2D eigenvalue weighted by molar-refractivity contribution is 0.00304. The zero-order valence-electron chi connectivity index (χ0n) is 11.0. The minimum atomic E-state index is -0.667. The molecule has 0 aromatic heterocycles. The zero-order valence-corrected chi connectivity index (χ0v) is 11.0. The van der Waals surface area contributed by atoms with Gasteiger partial charge in [-0.15, -0.1) is 0 Å². The van der Waals surface area contributed by atoms with Crippen LogP contribution in [0.5, 0.6) is 0 Å². The molecule has 106 valence electrons. The number of hydrogen-bond acceptors (Lipinski definition) is 5. The Morgan fingerprint density at radius 1 is 0.895 bits per heavy atom. The first-order chi connectivity index (χ1) is 9.11. The van der Waals surface area contributed by atoms with E-state index in [2.05, 4.69) is 0 Å². The molecule has 0 heterocycles. The molecule has 0 aliphatic carbocycles. The van der Waals surface area contributed by atoms with Gasteiger partial charge in [0.2, 0.25) is 0 Å². The molecule has 0 atom stereocenters. The van der Waals surface area contributed by atoms with Gasteiger partial charge in [0.05, 0.1) is 19.8 Å². The Kier molecular flexibility index (Phi) is 8.61. The molecule has 0 aliphatic rings. The number of aldehydes is 2. The van der Waals surface area contributed by atoms with Crippen LogP contribution in [0.15, 0.2) is 24.3 Å². The highest BCUT2D eigenvalue weighted by Crippen LogP contribution is 2.18. The molecule has 0 bridgehead atoms. The van der Waals surface area contributed by atoms with E-state index in [-0.39, 0.29) is 19.8 Å². The summed E-state index contributed by atoms with van der Waals surface area (Å²) in [6.07, 6.45) is 2.08. The zero-order chi connectivity index (χ0) is 14.7. The summed E-state index contributed by atoms with van der Waals surface area (Å²) in [5.41, 5.74) is 0.510. The van der Waals surface area contributed by atoms with E-state index >= 15 is 0 Å². The van der Waals surface area contributed by atoms with Crippen molar-refractivity contribution < 1.29 is 24.9 Å². The molecular weight excluding hydrogens is 248 g/mol. The van der Waals surface area contributed by atoms with Gasteiger partial charge >= 0.3 is 0 Å². The van der Waals surface area contributed by atoms with Crippen LogP contribution in [0.2, 0.25) is 0 Å². The molecule has 0 radical (unpaired) electrons. The molecule has 0 saturated heterocycles. The van der Waals surface area contributed by atoms with Gasteiger partial charge in [-0.05, 0) is 6.42 Å². The Labute approximate surface area is 112 Å². The van der Waals surface area contributed by atoms with E-state index in [0.29, 0.717) is 17.5 Å². The van der Waals surface area contributed by atoms with Crippen molar-refractivity contribution in [2.45, 2.75) is 13.3 Å². The fourth-order valence-corrected chi connectivity index (χ4v) is 1.14. The van der Waals surface area contributed by atoms with Gasteiger partial charge in [0, 0.05) is 16.5 Å².